The van der Waals surface area contributed by atoms with E-state index in [9.17, 15) is 14.4 Å². The summed E-state index contributed by atoms with van der Waals surface area (Å²) in [5.74, 6) is -1.01. The van der Waals surface area contributed by atoms with E-state index < -0.39 is 6.10 Å². The second-order valence-electron chi connectivity index (χ2n) is 19.5. The molecule has 0 heterocycles. The van der Waals surface area contributed by atoms with Gasteiger partial charge in [-0.3, -0.25) is 14.4 Å². The Hall–Kier alpha value is -5.49. The van der Waals surface area contributed by atoms with E-state index in [1.807, 2.05) is 0 Å². The van der Waals surface area contributed by atoms with Crippen LogP contribution in [0.4, 0.5) is 0 Å². The third-order valence-electron chi connectivity index (χ3n) is 12.1. The zero-order chi connectivity index (χ0) is 56.4. The average molecular weight is 1070 g/mol. The molecule has 0 saturated heterocycles. The minimum Gasteiger partial charge on any atom is -0.462 e. The van der Waals surface area contributed by atoms with Crippen molar-refractivity contribution in [2.75, 3.05) is 13.2 Å². The predicted octanol–water partition coefficient (Wildman–Crippen LogP) is 21.3. The molecule has 6 heteroatoms. The maximum atomic E-state index is 12.8. The summed E-state index contributed by atoms with van der Waals surface area (Å²) < 4.78 is 16.8. The van der Waals surface area contributed by atoms with Crippen LogP contribution < -0.4 is 0 Å². The van der Waals surface area contributed by atoms with Crippen molar-refractivity contribution in [3.8, 4) is 0 Å². The Kier molecular flexibility index (Phi) is 59.5. The Balaban J connectivity index is 4.33. The van der Waals surface area contributed by atoms with Gasteiger partial charge >= 0.3 is 17.9 Å². The number of rotatable bonds is 53. The molecule has 0 aromatic heterocycles. The number of ether oxygens (including phenoxy) is 3. The van der Waals surface area contributed by atoms with Gasteiger partial charge in [0.1, 0.15) is 13.2 Å². The van der Waals surface area contributed by atoms with E-state index in [1.54, 1.807) is 0 Å². The lowest BCUT2D eigenvalue weighted by atomic mass is 10.1. The van der Waals surface area contributed by atoms with Crippen LogP contribution in [0.2, 0.25) is 0 Å². The number of hydrogen-bond acceptors (Lipinski definition) is 6. The first kappa shape index (κ1) is 72.5. The summed E-state index contributed by atoms with van der Waals surface area (Å²) in [6, 6.07) is 0. The summed E-state index contributed by atoms with van der Waals surface area (Å²) in [6.45, 7) is 6.26. The molecule has 0 aliphatic rings. The van der Waals surface area contributed by atoms with Crippen LogP contribution in [0.3, 0.4) is 0 Å². The van der Waals surface area contributed by atoms with Crippen LogP contribution in [0.15, 0.2) is 182 Å². The maximum absolute atomic E-state index is 12.8. The van der Waals surface area contributed by atoms with Gasteiger partial charge in [-0.05, 0) is 154 Å². The minimum absolute atomic E-state index is 0.116. The summed E-state index contributed by atoms with van der Waals surface area (Å²) in [4.78, 5) is 38.1. The summed E-state index contributed by atoms with van der Waals surface area (Å²) in [6.07, 6.45) is 96.2. The molecule has 78 heavy (non-hydrogen) atoms. The van der Waals surface area contributed by atoms with Crippen LogP contribution in [0.1, 0.15) is 233 Å². The summed E-state index contributed by atoms with van der Waals surface area (Å²) in [5.41, 5.74) is 0. The van der Waals surface area contributed by atoms with Gasteiger partial charge < -0.3 is 14.2 Å². The van der Waals surface area contributed by atoms with Gasteiger partial charge in [-0.25, -0.2) is 0 Å². The molecule has 1 unspecified atom stereocenters. The Labute approximate surface area is 478 Å². The number of carbonyl (C=O) groups is 3. The molecule has 0 aromatic carbocycles. The van der Waals surface area contributed by atoms with Gasteiger partial charge in [0.25, 0.3) is 0 Å². The van der Waals surface area contributed by atoms with Crippen molar-refractivity contribution in [2.24, 2.45) is 0 Å². The first-order chi connectivity index (χ1) is 38.5. The highest BCUT2D eigenvalue weighted by molar-refractivity contribution is 5.71. The summed E-state index contributed by atoms with van der Waals surface area (Å²) >= 11 is 0. The zero-order valence-electron chi connectivity index (χ0n) is 49.6. The first-order valence-corrected chi connectivity index (χ1v) is 30.8. The fraction of sp³-hybridized carbons (Fsp3) is 0.542. The summed E-state index contributed by atoms with van der Waals surface area (Å²) in [5, 5.41) is 0. The first-order valence-electron chi connectivity index (χ1n) is 30.8. The Morgan fingerprint density at radius 2 is 0.500 bits per heavy atom. The molecule has 0 aliphatic carbocycles. The highest BCUT2D eigenvalue weighted by atomic mass is 16.6. The highest BCUT2D eigenvalue weighted by Crippen LogP contribution is 2.12. The molecule has 0 N–H and O–H groups in total. The molecule has 1 atom stereocenters. The molecular formula is C72H110O6. The monoisotopic (exact) mass is 1070 g/mol. The van der Waals surface area contributed by atoms with E-state index in [-0.39, 0.29) is 37.5 Å². The van der Waals surface area contributed by atoms with Crippen LogP contribution in [-0.2, 0) is 28.6 Å². The smallest absolute Gasteiger partial charge is 0.306 e. The molecular weight excluding hydrogens is 961 g/mol. The molecule has 0 aromatic rings. The Morgan fingerprint density at radius 3 is 0.821 bits per heavy atom. The van der Waals surface area contributed by atoms with Gasteiger partial charge in [-0.1, -0.05) is 242 Å². The fourth-order valence-corrected chi connectivity index (χ4v) is 7.58. The molecule has 0 spiro atoms. The van der Waals surface area contributed by atoms with Gasteiger partial charge in [0, 0.05) is 19.3 Å². The Bertz CT molecular complexity index is 1850. The second kappa shape index (κ2) is 64.0. The van der Waals surface area contributed by atoms with Crippen molar-refractivity contribution in [2.45, 2.75) is 239 Å². The van der Waals surface area contributed by atoms with E-state index in [0.717, 1.165) is 173 Å². The van der Waals surface area contributed by atoms with Gasteiger partial charge in [0.2, 0.25) is 0 Å². The standard InChI is InChI=1S/C72H110O6/c1-4-7-10-13-16-19-22-24-26-27-28-29-30-31-32-33-34-35-36-37-38-39-40-41-42-43-44-45-47-48-50-53-56-59-62-65-71(74)77-68-69(67-76-70(73)64-61-58-55-52-21-18-15-12-9-6-3)78-72(75)66-63-60-57-54-51-49-46-25-23-20-17-14-11-8-5-2/h7-8,10-12,15-17,19-20,24-26,28-29,31-32,34-35,37-38,40-41,43-44,46-48,51,54,69H,4-6,9,13-14,18,21-23,27,30,33,36,39,42,45,49-50,52-53,55-68H2,1-3H3/b10-7-,11-8-,15-12-,19-16-,20-17-,26-24-,29-28-,32-31-,35-34-,38-37-,41-40-,44-43-,46-25-,48-47-,54-51-. The lowest BCUT2D eigenvalue weighted by Crippen LogP contribution is -2.30. The van der Waals surface area contributed by atoms with Crippen molar-refractivity contribution >= 4 is 17.9 Å². The maximum Gasteiger partial charge on any atom is 0.306 e. The third kappa shape index (κ3) is 61.4. The molecule has 0 bridgehead atoms. The predicted molar refractivity (Wildman–Crippen MR) is 338 cm³/mol. The Morgan fingerprint density at radius 1 is 0.269 bits per heavy atom. The highest BCUT2D eigenvalue weighted by Gasteiger charge is 2.19. The second-order valence-corrected chi connectivity index (χ2v) is 19.5. The van der Waals surface area contributed by atoms with E-state index in [4.69, 9.17) is 14.2 Å². The lowest BCUT2D eigenvalue weighted by Gasteiger charge is -2.18. The number of unbranched alkanes of at least 4 members (excludes halogenated alkanes) is 12. The molecule has 434 valence electrons. The van der Waals surface area contributed by atoms with Gasteiger partial charge in [0.05, 0.1) is 0 Å². The van der Waals surface area contributed by atoms with Gasteiger partial charge in [-0.2, -0.15) is 0 Å². The number of esters is 3. The molecule has 0 fully saturated rings. The van der Waals surface area contributed by atoms with Crippen LogP contribution in [0.5, 0.6) is 0 Å². The average Bonchev–Trinajstić information content (AvgIpc) is 3.44. The molecule has 0 rings (SSSR count). The largest absolute Gasteiger partial charge is 0.462 e. The fourth-order valence-electron chi connectivity index (χ4n) is 7.58. The van der Waals surface area contributed by atoms with Crippen LogP contribution in [-0.4, -0.2) is 37.2 Å². The lowest BCUT2D eigenvalue weighted by molar-refractivity contribution is -0.167. The van der Waals surface area contributed by atoms with Crippen molar-refractivity contribution < 1.29 is 28.6 Å². The van der Waals surface area contributed by atoms with Crippen LogP contribution in [0.25, 0.3) is 0 Å². The zero-order valence-corrected chi connectivity index (χ0v) is 49.6. The molecule has 6 nitrogen and oxygen atoms in total. The molecule has 0 amide bonds. The quantitative estimate of drug-likeness (QED) is 0.0261. The van der Waals surface area contributed by atoms with E-state index in [0.29, 0.717) is 19.3 Å². The third-order valence-corrected chi connectivity index (χ3v) is 12.1. The van der Waals surface area contributed by atoms with Crippen molar-refractivity contribution in [1.29, 1.82) is 0 Å². The van der Waals surface area contributed by atoms with Gasteiger partial charge in [0.15, 0.2) is 6.10 Å². The van der Waals surface area contributed by atoms with Gasteiger partial charge in [-0.15, -0.1) is 0 Å². The SMILES string of the molecule is CC/C=C\C/C=C\C/C=C\C/C=C\C/C=C\C/C=C\C/C=C\C/C=C\C/C=C\C/C=C\CCCCCCC(=O)OCC(COC(=O)CCCCCCC/C=C\CCC)OC(=O)CCCC/C=C\C/C=C\C/C=C\C/C=C\CC. The van der Waals surface area contributed by atoms with E-state index >= 15 is 0 Å². The number of hydrogen-bond donors (Lipinski definition) is 0. The number of allylic oxidation sites excluding steroid dienone is 30. The topological polar surface area (TPSA) is 78.9 Å². The molecule has 0 aliphatic heterocycles. The minimum atomic E-state index is -0.823. The molecule has 0 saturated carbocycles. The van der Waals surface area contributed by atoms with E-state index in [1.165, 1.54) is 12.8 Å². The molecule has 0 radical (unpaired) electrons. The van der Waals surface area contributed by atoms with Crippen LogP contribution >= 0.6 is 0 Å². The summed E-state index contributed by atoms with van der Waals surface area (Å²) in [7, 11) is 0. The van der Waals surface area contributed by atoms with Crippen molar-refractivity contribution in [3.05, 3.63) is 182 Å². The van der Waals surface area contributed by atoms with Crippen molar-refractivity contribution in [1.82, 2.24) is 0 Å². The van der Waals surface area contributed by atoms with Crippen LogP contribution in [0, 0.1) is 0 Å². The normalized spacial score (nSPS) is 13.4. The number of carbonyl (C=O) groups excluding carboxylic acids is 3. The van der Waals surface area contributed by atoms with E-state index in [2.05, 4.69) is 203 Å². The van der Waals surface area contributed by atoms with Crippen molar-refractivity contribution in [3.63, 3.8) is 0 Å².